The van der Waals surface area contributed by atoms with Crippen LogP contribution in [0.2, 0.25) is 0 Å². The zero-order valence-electron chi connectivity index (χ0n) is 13.6. The van der Waals surface area contributed by atoms with E-state index in [-0.39, 0.29) is 5.76 Å². The standard InChI is InChI=1S/C18H18BrNO4/c1-12-4-9-16(15(19)10-12)24-17(18(21)23-3)11-20-13-5-7-14(22-2)8-6-13/h4-11,20H,1-3H3/b17-11+. The van der Waals surface area contributed by atoms with Crippen molar-refractivity contribution < 1.29 is 19.0 Å². The van der Waals surface area contributed by atoms with Crippen LogP contribution in [0.1, 0.15) is 5.56 Å². The number of methoxy groups -OCH3 is 2. The van der Waals surface area contributed by atoms with Gasteiger partial charge in [0.1, 0.15) is 11.5 Å². The van der Waals surface area contributed by atoms with E-state index in [1.165, 1.54) is 13.3 Å². The lowest BCUT2D eigenvalue weighted by molar-refractivity contribution is -0.138. The molecule has 0 aliphatic heterocycles. The van der Waals surface area contributed by atoms with Gasteiger partial charge in [-0.3, -0.25) is 0 Å². The maximum atomic E-state index is 11.9. The zero-order valence-corrected chi connectivity index (χ0v) is 15.2. The number of benzene rings is 2. The van der Waals surface area contributed by atoms with Crippen LogP contribution in [0.3, 0.4) is 0 Å². The normalized spacial score (nSPS) is 10.9. The lowest BCUT2D eigenvalue weighted by atomic mass is 10.2. The van der Waals surface area contributed by atoms with Crippen molar-refractivity contribution in [3.05, 3.63) is 64.5 Å². The van der Waals surface area contributed by atoms with Gasteiger partial charge in [-0.2, -0.15) is 0 Å². The van der Waals surface area contributed by atoms with E-state index in [4.69, 9.17) is 14.2 Å². The van der Waals surface area contributed by atoms with E-state index >= 15 is 0 Å². The largest absolute Gasteiger partial charge is 0.497 e. The van der Waals surface area contributed by atoms with Gasteiger partial charge in [-0.1, -0.05) is 6.07 Å². The van der Waals surface area contributed by atoms with Gasteiger partial charge in [0.05, 0.1) is 24.9 Å². The van der Waals surface area contributed by atoms with E-state index in [0.29, 0.717) is 5.75 Å². The fourth-order valence-electron chi connectivity index (χ4n) is 1.87. The number of aryl methyl sites for hydroxylation is 1. The lowest BCUT2D eigenvalue weighted by Gasteiger charge is -2.11. The predicted molar refractivity (Wildman–Crippen MR) is 96.2 cm³/mol. The highest BCUT2D eigenvalue weighted by Gasteiger charge is 2.14. The van der Waals surface area contributed by atoms with E-state index < -0.39 is 5.97 Å². The number of rotatable bonds is 6. The Morgan fingerprint density at radius 1 is 1.12 bits per heavy atom. The second-order valence-electron chi connectivity index (χ2n) is 4.91. The second-order valence-corrected chi connectivity index (χ2v) is 5.76. The molecule has 0 radical (unpaired) electrons. The zero-order chi connectivity index (χ0) is 17.5. The molecule has 126 valence electrons. The molecule has 5 nitrogen and oxygen atoms in total. The van der Waals surface area contributed by atoms with Crippen LogP contribution in [0.15, 0.2) is 58.9 Å². The summed E-state index contributed by atoms with van der Waals surface area (Å²) >= 11 is 3.42. The maximum absolute atomic E-state index is 11.9. The number of esters is 1. The highest BCUT2D eigenvalue weighted by Crippen LogP contribution is 2.27. The van der Waals surface area contributed by atoms with E-state index in [1.54, 1.807) is 13.2 Å². The number of carbonyl (C=O) groups is 1. The smallest absolute Gasteiger partial charge is 0.375 e. The Bertz CT molecular complexity index is 741. The topological polar surface area (TPSA) is 56.8 Å². The predicted octanol–water partition coefficient (Wildman–Crippen LogP) is 4.27. The molecule has 0 bridgehead atoms. The monoisotopic (exact) mass is 391 g/mol. The minimum Gasteiger partial charge on any atom is -0.497 e. The average molecular weight is 392 g/mol. The van der Waals surface area contributed by atoms with Gasteiger partial charge in [0, 0.05) is 5.69 Å². The molecule has 0 heterocycles. The molecule has 0 amide bonds. The van der Waals surface area contributed by atoms with E-state index in [9.17, 15) is 4.79 Å². The summed E-state index contributed by atoms with van der Waals surface area (Å²) in [5.74, 6) is 0.729. The van der Waals surface area contributed by atoms with Gasteiger partial charge >= 0.3 is 5.97 Å². The van der Waals surface area contributed by atoms with Crippen molar-refractivity contribution in [2.75, 3.05) is 19.5 Å². The van der Waals surface area contributed by atoms with Crippen LogP contribution in [0.5, 0.6) is 11.5 Å². The molecular weight excluding hydrogens is 374 g/mol. The third-order valence-corrected chi connectivity index (χ3v) is 3.77. The highest BCUT2D eigenvalue weighted by molar-refractivity contribution is 9.10. The summed E-state index contributed by atoms with van der Waals surface area (Å²) in [5.41, 5.74) is 1.86. The van der Waals surface area contributed by atoms with Gasteiger partial charge in [0.15, 0.2) is 0 Å². The summed E-state index contributed by atoms with van der Waals surface area (Å²) in [5, 5.41) is 3.00. The van der Waals surface area contributed by atoms with Crippen molar-refractivity contribution in [2.45, 2.75) is 6.92 Å². The van der Waals surface area contributed by atoms with Crippen molar-refractivity contribution >= 4 is 27.6 Å². The van der Waals surface area contributed by atoms with Crippen LogP contribution >= 0.6 is 15.9 Å². The first-order valence-corrected chi connectivity index (χ1v) is 7.96. The molecule has 0 unspecified atom stereocenters. The van der Waals surface area contributed by atoms with Gasteiger partial charge in [0.25, 0.3) is 0 Å². The Kier molecular flexibility index (Phi) is 6.26. The van der Waals surface area contributed by atoms with Crippen LogP contribution in [0.4, 0.5) is 5.69 Å². The number of hydrogen-bond donors (Lipinski definition) is 1. The van der Waals surface area contributed by atoms with Crippen molar-refractivity contribution in [1.29, 1.82) is 0 Å². The summed E-state index contributed by atoms with van der Waals surface area (Å²) in [6.45, 7) is 1.97. The van der Waals surface area contributed by atoms with Gasteiger partial charge in [-0.25, -0.2) is 4.79 Å². The first-order valence-electron chi connectivity index (χ1n) is 7.16. The Balaban J connectivity index is 2.19. The fraction of sp³-hybridized carbons (Fsp3) is 0.167. The molecule has 2 aromatic carbocycles. The molecule has 0 aliphatic carbocycles. The van der Waals surface area contributed by atoms with Crippen LogP contribution in [0, 0.1) is 6.92 Å². The minimum atomic E-state index is -0.580. The first kappa shape index (κ1) is 17.9. The summed E-state index contributed by atoms with van der Waals surface area (Å²) in [6.07, 6.45) is 1.46. The second kappa shape index (κ2) is 8.40. The van der Waals surface area contributed by atoms with Crippen LogP contribution in [-0.4, -0.2) is 20.2 Å². The molecule has 0 atom stereocenters. The number of anilines is 1. The number of carbonyl (C=O) groups excluding carboxylic acids is 1. The average Bonchev–Trinajstić information content (AvgIpc) is 2.60. The maximum Gasteiger partial charge on any atom is 0.375 e. The number of nitrogens with one attached hydrogen (secondary N) is 1. The highest BCUT2D eigenvalue weighted by atomic mass is 79.9. The van der Waals surface area contributed by atoms with E-state index in [1.807, 2.05) is 43.3 Å². The Morgan fingerprint density at radius 3 is 2.42 bits per heavy atom. The Hall–Kier alpha value is -2.47. The molecule has 0 fully saturated rings. The van der Waals surface area contributed by atoms with Crippen molar-refractivity contribution in [1.82, 2.24) is 0 Å². The Morgan fingerprint density at radius 2 is 1.83 bits per heavy atom. The Labute approximate surface area is 149 Å². The number of hydrogen-bond acceptors (Lipinski definition) is 5. The third kappa shape index (κ3) is 4.76. The molecule has 6 heteroatoms. The van der Waals surface area contributed by atoms with E-state index in [0.717, 1.165) is 21.5 Å². The van der Waals surface area contributed by atoms with Crippen molar-refractivity contribution in [3.8, 4) is 11.5 Å². The SMILES string of the molecule is COC(=O)/C(=C\Nc1ccc(OC)cc1)Oc1ccc(C)cc1Br. The van der Waals surface area contributed by atoms with Crippen LogP contribution in [-0.2, 0) is 9.53 Å². The summed E-state index contributed by atoms with van der Waals surface area (Å²) in [7, 11) is 2.90. The molecule has 2 rings (SSSR count). The van der Waals surface area contributed by atoms with E-state index in [2.05, 4.69) is 21.2 Å². The van der Waals surface area contributed by atoms with Gasteiger partial charge in [0.2, 0.25) is 5.76 Å². The number of ether oxygens (including phenoxy) is 3. The quantitative estimate of drug-likeness (QED) is 0.452. The lowest BCUT2D eigenvalue weighted by Crippen LogP contribution is -2.12. The molecular formula is C18H18BrNO4. The molecule has 0 spiro atoms. The molecule has 1 N–H and O–H groups in total. The first-order chi connectivity index (χ1) is 11.5. The van der Waals surface area contributed by atoms with Gasteiger partial charge in [-0.15, -0.1) is 0 Å². The molecule has 24 heavy (non-hydrogen) atoms. The molecule has 0 saturated heterocycles. The molecule has 0 aromatic heterocycles. The summed E-state index contributed by atoms with van der Waals surface area (Å²) < 4.78 is 16.3. The molecule has 0 saturated carbocycles. The molecule has 2 aromatic rings. The minimum absolute atomic E-state index is 0.0397. The fourth-order valence-corrected chi connectivity index (χ4v) is 2.45. The van der Waals surface area contributed by atoms with Crippen LogP contribution < -0.4 is 14.8 Å². The summed E-state index contributed by atoms with van der Waals surface area (Å²) in [4.78, 5) is 11.9. The number of halogens is 1. The molecule has 0 aliphatic rings. The van der Waals surface area contributed by atoms with Gasteiger partial charge in [-0.05, 0) is 64.8 Å². The van der Waals surface area contributed by atoms with Crippen molar-refractivity contribution in [2.24, 2.45) is 0 Å². The van der Waals surface area contributed by atoms with Crippen LogP contribution in [0.25, 0.3) is 0 Å². The summed E-state index contributed by atoms with van der Waals surface area (Å²) in [6, 6.07) is 12.9. The third-order valence-electron chi connectivity index (χ3n) is 3.15. The van der Waals surface area contributed by atoms with Crippen molar-refractivity contribution in [3.63, 3.8) is 0 Å². The van der Waals surface area contributed by atoms with Gasteiger partial charge < -0.3 is 19.5 Å².